The van der Waals surface area contributed by atoms with Crippen LogP contribution in [0.1, 0.15) is 25.7 Å². The molecule has 0 amide bonds. The molecule has 0 aliphatic heterocycles. The van der Waals surface area contributed by atoms with Crippen molar-refractivity contribution in [2.45, 2.75) is 37.8 Å². The lowest BCUT2D eigenvalue weighted by molar-refractivity contribution is 0.0644. The van der Waals surface area contributed by atoms with Crippen LogP contribution in [0.2, 0.25) is 0 Å². The number of nitrogens with zero attached hydrogens (tertiary/aromatic N) is 1. The third-order valence-corrected chi connectivity index (χ3v) is 2.53. The van der Waals surface area contributed by atoms with Crippen LogP contribution in [0.3, 0.4) is 0 Å². The minimum absolute atomic E-state index is 0.148. The van der Waals surface area contributed by atoms with Gasteiger partial charge in [-0.25, -0.2) is 0 Å². The van der Waals surface area contributed by atoms with E-state index in [2.05, 4.69) is 17.1 Å². The van der Waals surface area contributed by atoms with Crippen LogP contribution >= 0.6 is 0 Å². The summed E-state index contributed by atoms with van der Waals surface area (Å²) >= 11 is 0. The molecule has 0 heterocycles. The van der Waals surface area contributed by atoms with Crippen LogP contribution in [0.15, 0.2) is 12.2 Å². The Kier molecular flexibility index (Phi) is 3.76. The van der Waals surface area contributed by atoms with Gasteiger partial charge in [0.2, 0.25) is 0 Å². The van der Waals surface area contributed by atoms with Crippen LogP contribution in [0.25, 0.3) is 0 Å². The van der Waals surface area contributed by atoms with Crippen molar-refractivity contribution in [3.63, 3.8) is 0 Å². The largest absolute Gasteiger partial charge is 0.391 e. The number of aliphatic hydroxyl groups excluding tert-OH is 1. The molecule has 0 saturated carbocycles. The highest BCUT2D eigenvalue weighted by molar-refractivity contribution is 4.90. The van der Waals surface area contributed by atoms with Crippen molar-refractivity contribution in [3.05, 3.63) is 12.2 Å². The van der Waals surface area contributed by atoms with Gasteiger partial charge in [-0.3, -0.25) is 0 Å². The van der Waals surface area contributed by atoms with Gasteiger partial charge in [-0.05, 0) is 39.8 Å². The SMILES string of the molecule is CN(C)[C@H]1CC/C=C\CC[C@H]1O. The molecular weight excluding hydrogens is 150 g/mol. The molecule has 1 aliphatic carbocycles. The number of allylic oxidation sites excluding steroid dienone is 2. The van der Waals surface area contributed by atoms with Crippen molar-refractivity contribution < 1.29 is 5.11 Å². The minimum atomic E-state index is -0.148. The van der Waals surface area contributed by atoms with Gasteiger partial charge in [0.05, 0.1) is 6.10 Å². The molecule has 1 rings (SSSR count). The summed E-state index contributed by atoms with van der Waals surface area (Å²) in [6.45, 7) is 0. The van der Waals surface area contributed by atoms with E-state index in [0.717, 1.165) is 25.7 Å². The fourth-order valence-corrected chi connectivity index (χ4v) is 1.76. The van der Waals surface area contributed by atoms with Gasteiger partial charge < -0.3 is 10.0 Å². The molecule has 12 heavy (non-hydrogen) atoms. The molecule has 0 bridgehead atoms. The van der Waals surface area contributed by atoms with Crippen LogP contribution in [0.4, 0.5) is 0 Å². The van der Waals surface area contributed by atoms with Gasteiger partial charge in [0.25, 0.3) is 0 Å². The smallest absolute Gasteiger partial charge is 0.0698 e. The molecule has 0 aromatic carbocycles. The Balaban J connectivity index is 2.52. The van der Waals surface area contributed by atoms with Crippen molar-refractivity contribution >= 4 is 0 Å². The summed E-state index contributed by atoms with van der Waals surface area (Å²) in [5, 5.41) is 9.77. The average molecular weight is 169 g/mol. The topological polar surface area (TPSA) is 23.5 Å². The molecule has 0 spiro atoms. The van der Waals surface area contributed by atoms with E-state index >= 15 is 0 Å². The standard InChI is InChI=1S/C10H19NO/c1-11(2)9-7-5-3-4-6-8-10(9)12/h3-4,9-10,12H,5-8H2,1-2H3/b4-3-/t9-,10+/m0/s1. The average Bonchev–Trinajstić information content (AvgIpc) is 1.96. The van der Waals surface area contributed by atoms with Gasteiger partial charge in [0.1, 0.15) is 0 Å². The van der Waals surface area contributed by atoms with E-state index in [9.17, 15) is 5.11 Å². The van der Waals surface area contributed by atoms with Crippen LogP contribution in [-0.2, 0) is 0 Å². The molecule has 0 aromatic heterocycles. The first-order chi connectivity index (χ1) is 5.72. The molecule has 2 heteroatoms. The van der Waals surface area contributed by atoms with Crippen molar-refractivity contribution in [1.82, 2.24) is 4.90 Å². The fraction of sp³-hybridized carbons (Fsp3) is 0.800. The van der Waals surface area contributed by atoms with E-state index in [0.29, 0.717) is 6.04 Å². The van der Waals surface area contributed by atoms with Crippen molar-refractivity contribution in [1.29, 1.82) is 0 Å². The van der Waals surface area contributed by atoms with Crippen LogP contribution in [0.5, 0.6) is 0 Å². The second-order valence-corrected chi connectivity index (χ2v) is 3.72. The number of aliphatic hydroxyl groups is 1. The quantitative estimate of drug-likeness (QED) is 0.600. The van der Waals surface area contributed by atoms with Crippen LogP contribution in [-0.4, -0.2) is 36.2 Å². The Bertz CT molecular complexity index is 154. The predicted molar refractivity (Wildman–Crippen MR) is 51.1 cm³/mol. The summed E-state index contributed by atoms with van der Waals surface area (Å²) in [7, 11) is 4.08. The van der Waals surface area contributed by atoms with E-state index in [1.54, 1.807) is 0 Å². The fourth-order valence-electron chi connectivity index (χ4n) is 1.76. The second kappa shape index (κ2) is 4.63. The van der Waals surface area contributed by atoms with Gasteiger partial charge in [0, 0.05) is 6.04 Å². The molecule has 2 nitrogen and oxygen atoms in total. The summed E-state index contributed by atoms with van der Waals surface area (Å²) in [6.07, 6.45) is 8.34. The van der Waals surface area contributed by atoms with Gasteiger partial charge in [-0.2, -0.15) is 0 Å². The molecule has 0 saturated heterocycles. The maximum Gasteiger partial charge on any atom is 0.0698 e. The Labute approximate surface area is 74.9 Å². The minimum Gasteiger partial charge on any atom is -0.391 e. The molecule has 0 aromatic rings. The lowest BCUT2D eigenvalue weighted by atomic mass is 9.97. The number of hydrogen-bond acceptors (Lipinski definition) is 2. The van der Waals surface area contributed by atoms with E-state index in [1.807, 2.05) is 14.1 Å². The van der Waals surface area contributed by atoms with Crippen molar-refractivity contribution in [2.75, 3.05) is 14.1 Å². The summed E-state index contributed by atoms with van der Waals surface area (Å²) in [5.41, 5.74) is 0. The third-order valence-electron chi connectivity index (χ3n) is 2.53. The zero-order chi connectivity index (χ0) is 8.97. The maximum absolute atomic E-state index is 9.77. The van der Waals surface area contributed by atoms with E-state index in [-0.39, 0.29) is 6.10 Å². The maximum atomic E-state index is 9.77. The van der Waals surface area contributed by atoms with Crippen molar-refractivity contribution in [3.8, 4) is 0 Å². The molecule has 1 aliphatic rings. The summed E-state index contributed by atoms with van der Waals surface area (Å²) in [4.78, 5) is 2.13. The van der Waals surface area contributed by atoms with Gasteiger partial charge in [-0.1, -0.05) is 12.2 Å². The second-order valence-electron chi connectivity index (χ2n) is 3.72. The molecular formula is C10H19NO. The zero-order valence-corrected chi connectivity index (χ0v) is 8.03. The third kappa shape index (κ3) is 2.61. The molecule has 0 fully saturated rings. The van der Waals surface area contributed by atoms with Gasteiger partial charge >= 0.3 is 0 Å². The lowest BCUT2D eigenvalue weighted by Gasteiger charge is -2.29. The summed E-state index contributed by atoms with van der Waals surface area (Å²) in [5.74, 6) is 0. The van der Waals surface area contributed by atoms with E-state index < -0.39 is 0 Å². The highest BCUT2D eigenvalue weighted by atomic mass is 16.3. The highest BCUT2D eigenvalue weighted by Gasteiger charge is 2.20. The Hall–Kier alpha value is -0.340. The first kappa shape index (κ1) is 9.75. The van der Waals surface area contributed by atoms with E-state index in [4.69, 9.17) is 0 Å². The molecule has 0 unspecified atom stereocenters. The summed E-state index contributed by atoms with van der Waals surface area (Å²) < 4.78 is 0. The van der Waals surface area contributed by atoms with E-state index in [1.165, 1.54) is 0 Å². The number of rotatable bonds is 1. The first-order valence-corrected chi connectivity index (χ1v) is 4.71. The number of hydrogen-bond donors (Lipinski definition) is 1. The van der Waals surface area contributed by atoms with Crippen molar-refractivity contribution in [2.24, 2.45) is 0 Å². The summed E-state index contributed by atoms with van der Waals surface area (Å²) in [6, 6.07) is 0.343. The monoisotopic (exact) mass is 169 g/mol. The molecule has 2 atom stereocenters. The highest BCUT2D eigenvalue weighted by Crippen LogP contribution is 2.16. The van der Waals surface area contributed by atoms with Crippen LogP contribution < -0.4 is 0 Å². The molecule has 1 N–H and O–H groups in total. The number of likely N-dealkylation sites (N-methyl/N-ethyl adjacent to an activating group) is 1. The predicted octanol–water partition coefficient (Wildman–Crippen LogP) is 1.41. The molecule has 0 radical (unpaired) electrons. The Morgan fingerprint density at radius 3 is 2.33 bits per heavy atom. The normalized spacial score (nSPS) is 34.3. The van der Waals surface area contributed by atoms with Gasteiger partial charge in [0.15, 0.2) is 0 Å². The Morgan fingerprint density at radius 1 is 1.17 bits per heavy atom. The first-order valence-electron chi connectivity index (χ1n) is 4.71. The molecule has 70 valence electrons. The lowest BCUT2D eigenvalue weighted by Crippen LogP contribution is -2.39. The Morgan fingerprint density at radius 2 is 1.75 bits per heavy atom. The van der Waals surface area contributed by atoms with Crippen LogP contribution in [0, 0.1) is 0 Å². The van der Waals surface area contributed by atoms with Gasteiger partial charge in [-0.15, -0.1) is 0 Å². The zero-order valence-electron chi connectivity index (χ0n) is 8.03.